The molecule has 108 valence electrons. The molecule has 1 heterocycles. The standard InChI is InChI=1S/C14H17BrClN3O/c1-8(2)17-14(20)9(3)19-12-5-4-10(15)6-11(12)18-13(19)7-16/h4-6,8-9H,7H2,1-3H3,(H,17,20). The molecule has 0 aliphatic heterocycles. The van der Waals surface area contributed by atoms with Crippen LogP contribution in [-0.2, 0) is 10.7 Å². The molecular formula is C14H17BrClN3O. The van der Waals surface area contributed by atoms with Crippen molar-refractivity contribution in [1.82, 2.24) is 14.9 Å². The van der Waals surface area contributed by atoms with Gasteiger partial charge in [-0.25, -0.2) is 4.98 Å². The number of benzene rings is 1. The maximum Gasteiger partial charge on any atom is 0.243 e. The van der Waals surface area contributed by atoms with Gasteiger partial charge in [0.1, 0.15) is 11.9 Å². The molecule has 0 aliphatic rings. The number of hydrogen-bond acceptors (Lipinski definition) is 2. The summed E-state index contributed by atoms with van der Waals surface area (Å²) < 4.78 is 2.85. The van der Waals surface area contributed by atoms with Gasteiger partial charge in [-0.2, -0.15) is 0 Å². The average molecular weight is 359 g/mol. The van der Waals surface area contributed by atoms with Gasteiger partial charge in [-0.3, -0.25) is 4.79 Å². The van der Waals surface area contributed by atoms with E-state index in [2.05, 4.69) is 26.2 Å². The number of carbonyl (C=O) groups excluding carboxylic acids is 1. The molecule has 0 bridgehead atoms. The fourth-order valence-corrected chi connectivity index (χ4v) is 2.71. The van der Waals surface area contributed by atoms with E-state index in [0.717, 1.165) is 15.5 Å². The number of nitrogens with one attached hydrogen (secondary N) is 1. The Bertz CT molecular complexity index is 639. The lowest BCUT2D eigenvalue weighted by molar-refractivity contribution is -0.124. The number of carbonyl (C=O) groups is 1. The van der Waals surface area contributed by atoms with E-state index in [1.54, 1.807) is 0 Å². The number of nitrogens with zero attached hydrogens (tertiary/aromatic N) is 2. The van der Waals surface area contributed by atoms with Crippen LogP contribution in [0.4, 0.5) is 0 Å². The van der Waals surface area contributed by atoms with Crippen molar-refractivity contribution in [2.75, 3.05) is 0 Å². The minimum absolute atomic E-state index is 0.0337. The molecule has 0 saturated heterocycles. The van der Waals surface area contributed by atoms with E-state index >= 15 is 0 Å². The second-order valence-corrected chi connectivity index (χ2v) is 6.19. The number of alkyl halides is 1. The number of imidazole rings is 1. The maximum absolute atomic E-state index is 12.2. The first-order chi connectivity index (χ1) is 9.43. The molecule has 0 radical (unpaired) electrons. The summed E-state index contributed by atoms with van der Waals surface area (Å²) in [5.74, 6) is 0.936. The van der Waals surface area contributed by atoms with Gasteiger partial charge in [0, 0.05) is 10.5 Å². The predicted molar refractivity (Wildman–Crippen MR) is 85.0 cm³/mol. The van der Waals surface area contributed by atoms with Crippen LogP contribution in [0, 0.1) is 0 Å². The highest BCUT2D eigenvalue weighted by Gasteiger charge is 2.21. The first-order valence-corrected chi connectivity index (χ1v) is 7.79. The van der Waals surface area contributed by atoms with E-state index in [0.29, 0.717) is 5.82 Å². The highest BCUT2D eigenvalue weighted by atomic mass is 79.9. The highest BCUT2D eigenvalue weighted by molar-refractivity contribution is 9.10. The van der Waals surface area contributed by atoms with E-state index in [1.165, 1.54) is 0 Å². The molecule has 1 amide bonds. The third kappa shape index (κ3) is 2.99. The first kappa shape index (κ1) is 15.3. The quantitative estimate of drug-likeness (QED) is 0.849. The lowest BCUT2D eigenvalue weighted by Gasteiger charge is -2.18. The second-order valence-electron chi connectivity index (χ2n) is 5.00. The van der Waals surface area contributed by atoms with Crippen LogP contribution in [0.5, 0.6) is 0 Å². The predicted octanol–water partition coefficient (Wildman–Crippen LogP) is 3.62. The molecule has 1 unspecified atom stereocenters. The van der Waals surface area contributed by atoms with Gasteiger partial charge >= 0.3 is 0 Å². The molecule has 1 atom stereocenters. The smallest absolute Gasteiger partial charge is 0.243 e. The molecule has 0 aliphatic carbocycles. The number of hydrogen-bond donors (Lipinski definition) is 1. The third-order valence-corrected chi connectivity index (χ3v) is 3.77. The lowest BCUT2D eigenvalue weighted by Crippen LogP contribution is -2.36. The van der Waals surface area contributed by atoms with E-state index in [-0.39, 0.29) is 23.9 Å². The van der Waals surface area contributed by atoms with Crippen LogP contribution in [0.15, 0.2) is 22.7 Å². The van der Waals surface area contributed by atoms with Crippen molar-refractivity contribution in [3.05, 3.63) is 28.5 Å². The number of rotatable bonds is 4. The molecule has 0 spiro atoms. The van der Waals surface area contributed by atoms with Gasteiger partial charge in [0.05, 0.1) is 16.9 Å². The first-order valence-electron chi connectivity index (χ1n) is 6.46. The summed E-state index contributed by atoms with van der Waals surface area (Å²) in [7, 11) is 0. The van der Waals surface area contributed by atoms with Crippen molar-refractivity contribution in [3.8, 4) is 0 Å². The highest BCUT2D eigenvalue weighted by Crippen LogP contribution is 2.25. The number of amides is 1. The Morgan fingerprint density at radius 3 is 2.75 bits per heavy atom. The van der Waals surface area contributed by atoms with E-state index < -0.39 is 0 Å². The summed E-state index contributed by atoms with van der Waals surface area (Å²) in [6, 6.07) is 5.56. The van der Waals surface area contributed by atoms with E-state index in [4.69, 9.17) is 11.6 Å². The molecule has 6 heteroatoms. The molecule has 2 rings (SSSR count). The van der Waals surface area contributed by atoms with E-state index in [9.17, 15) is 4.79 Å². The number of fused-ring (bicyclic) bond motifs is 1. The molecule has 20 heavy (non-hydrogen) atoms. The molecule has 1 aromatic heterocycles. The van der Waals surface area contributed by atoms with Crippen LogP contribution >= 0.6 is 27.5 Å². The van der Waals surface area contributed by atoms with Crippen LogP contribution in [-0.4, -0.2) is 21.5 Å². The monoisotopic (exact) mass is 357 g/mol. The summed E-state index contributed by atoms with van der Waals surface area (Å²) in [5.41, 5.74) is 1.74. The number of aromatic nitrogens is 2. The van der Waals surface area contributed by atoms with Crippen molar-refractivity contribution >= 4 is 44.5 Å². The molecule has 1 aromatic carbocycles. The fourth-order valence-electron chi connectivity index (χ4n) is 2.17. The van der Waals surface area contributed by atoms with Crippen molar-refractivity contribution in [1.29, 1.82) is 0 Å². The third-order valence-electron chi connectivity index (χ3n) is 3.04. The Morgan fingerprint density at radius 2 is 2.15 bits per heavy atom. The van der Waals surface area contributed by atoms with Crippen LogP contribution in [0.25, 0.3) is 11.0 Å². The summed E-state index contributed by atoms with van der Waals surface area (Å²) in [4.78, 5) is 16.7. The van der Waals surface area contributed by atoms with Crippen molar-refractivity contribution in [2.24, 2.45) is 0 Å². The maximum atomic E-state index is 12.2. The Hall–Kier alpha value is -1.07. The van der Waals surface area contributed by atoms with Gasteiger partial charge in [-0.1, -0.05) is 15.9 Å². The molecule has 4 nitrogen and oxygen atoms in total. The van der Waals surface area contributed by atoms with Crippen LogP contribution in [0.3, 0.4) is 0 Å². The fraction of sp³-hybridized carbons (Fsp3) is 0.429. The van der Waals surface area contributed by atoms with Crippen LogP contribution < -0.4 is 5.32 Å². The zero-order valence-corrected chi connectivity index (χ0v) is 14.0. The van der Waals surface area contributed by atoms with Gasteiger partial charge in [-0.05, 0) is 39.0 Å². The van der Waals surface area contributed by atoms with Crippen LogP contribution in [0.1, 0.15) is 32.6 Å². The molecule has 0 saturated carbocycles. The SMILES string of the molecule is CC(C)NC(=O)C(C)n1c(CCl)nc2cc(Br)ccc21. The minimum atomic E-state index is -0.350. The topological polar surface area (TPSA) is 46.9 Å². The summed E-state index contributed by atoms with van der Waals surface area (Å²) in [6.07, 6.45) is 0. The Kier molecular flexibility index (Phi) is 4.70. The van der Waals surface area contributed by atoms with Crippen molar-refractivity contribution < 1.29 is 4.79 Å². The normalized spacial score (nSPS) is 12.9. The van der Waals surface area contributed by atoms with Gasteiger partial charge in [-0.15, -0.1) is 11.6 Å². The summed E-state index contributed by atoms with van der Waals surface area (Å²) in [5, 5.41) is 2.92. The average Bonchev–Trinajstić information content (AvgIpc) is 2.74. The van der Waals surface area contributed by atoms with Gasteiger partial charge in [0.15, 0.2) is 0 Å². The van der Waals surface area contributed by atoms with E-state index in [1.807, 2.05) is 43.5 Å². The zero-order valence-electron chi connectivity index (χ0n) is 11.7. The Morgan fingerprint density at radius 1 is 1.45 bits per heavy atom. The Balaban J connectivity index is 2.49. The molecule has 1 N–H and O–H groups in total. The molecule has 2 aromatic rings. The van der Waals surface area contributed by atoms with Gasteiger partial charge in [0.25, 0.3) is 0 Å². The lowest BCUT2D eigenvalue weighted by atomic mass is 10.2. The summed E-state index contributed by atoms with van der Waals surface area (Å²) in [6.45, 7) is 5.74. The summed E-state index contributed by atoms with van der Waals surface area (Å²) >= 11 is 9.40. The van der Waals surface area contributed by atoms with Gasteiger partial charge in [0.2, 0.25) is 5.91 Å². The van der Waals surface area contributed by atoms with Crippen molar-refractivity contribution in [2.45, 2.75) is 38.7 Å². The van der Waals surface area contributed by atoms with Crippen molar-refractivity contribution in [3.63, 3.8) is 0 Å². The molecular weight excluding hydrogens is 342 g/mol. The second kappa shape index (κ2) is 6.14. The largest absolute Gasteiger partial charge is 0.352 e. The minimum Gasteiger partial charge on any atom is -0.352 e. The molecule has 0 fully saturated rings. The van der Waals surface area contributed by atoms with Gasteiger partial charge < -0.3 is 9.88 Å². The zero-order chi connectivity index (χ0) is 14.9. The Labute approximate surface area is 131 Å². The number of halogens is 2. The van der Waals surface area contributed by atoms with Crippen LogP contribution in [0.2, 0.25) is 0 Å².